The van der Waals surface area contributed by atoms with Gasteiger partial charge in [-0.05, 0) is 43.2 Å². The smallest absolute Gasteiger partial charge is 0.346 e. The van der Waals surface area contributed by atoms with E-state index in [0.717, 1.165) is 17.8 Å². The summed E-state index contributed by atoms with van der Waals surface area (Å²) in [6.45, 7) is 0.670. The molecule has 0 saturated carbocycles. The van der Waals surface area contributed by atoms with Gasteiger partial charge in [0, 0.05) is 25.0 Å². The highest BCUT2D eigenvalue weighted by Gasteiger charge is 2.57. The van der Waals surface area contributed by atoms with E-state index in [1.165, 1.54) is 17.0 Å². The number of rotatable bonds is 2. The molecule has 1 aromatic heterocycles. The van der Waals surface area contributed by atoms with Crippen molar-refractivity contribution in [2.45, 2.75) is 25.1 Å². The number of aromatic nitrogens is 1. The molecule has 2 fully saturated rings. The normalized spacial score (nSPS) is 20.7. The molecule has 2 aliphatic heterocycles. The summed E-state index contributed by atoms with van der Waals surface area (Å²) in [6.07, 6.45) is -1.87. The van der Waals surface area contributed by atoms with E-state index in [-0.39, 0.29) is 17.6 Å². The fourth-order valence-electron chi connectivity index (χ4n) is 3.97. The Balaban J connectivity index is 1.41. The lowest BCUT2D eigenvalue weighted by atomic mass is 9.65. The molecule has 2 saturated heterocycles. The molecule has 29 heavy (non-hydrogen) atoms. The summed E-state index contributed by atoms with van der Waals surface area (Å²) in [5, 5.41) is 5.41. The van der Waals surface area contributed by atoms with Crippen LogP contribution in [-0.4, -0.2) is 34.9 Å². The fourth-order valence-corrected chi connectivity index (χ4v) is 3.97. The van der Waals surface area contributed by atoms with Crippen LogP contribution in [0.3, 0.4) is 0 Å². The molecule has 1 aromatic carbocycles. The van der Waals surface area contributed by atoms with Gasteiger partial charge >= 0.3 is 12.2 Å². The number of β-lactam (4-membered cyclic amide) rings is 1. The monoisotopic (exact) mass is 404 g/mol. The predicted octanol–water partition coefficient (Wildman–Crippen LogP) is 3.59. The van der Waals surface area contributed by atoms with Gasteiger partial charge in [0.25, 0.3) is 0 Å². The van der Waals surface area contributed by atoms with Gasteiger partial charge in [-0.3, -0.25) is 9.78 Å². The van der Waals surface area contributed by atoms with Crippen LogP contribution in [0.15, 0.2) is 48.7 Å². The van der Waals surface area contributed by atoms with E-state index in [1.807, 2.05) is 12.1 Å². The van der Waals surface area contributed by atoms with Crippen LogP contribution in [-0.2, 0) is 11.0 Å². The fraction of sp³-hybridized carbons (Fsp3) is 0.350. The Morgan fingerprint density at radius 1 is 1.17 bits per heavy atom. The molecule has 3 amide bonds. The number of carbonyl (C=O) groups excluding carboxylic acids is 2. The van der Waals surface area contributed by atoms with Crippen molar-refractivity contribution < 1.29 is 22.8 Å². The van der Waals surface area contributed by atoms with Crippen LogP contribution < -0.4 is 10.6 Å². The first-order valence-electron chi connectivity index (χ1n) is 9.25. The number of nitrogens with one attached hydrogen (secondary N) is 2. The molecular weight excluding hydrogens is 385 g/mol. The summed E-state index contributed by atoms with van der Waals surface area (Å²) in [7, 11) is 0. The minimum absolute atomic E-state index is 0.0499. The highest BCUT2D eigenvalue weighted by molar-refractivity contribution is 5.92. The summed E-state index contributed by atoms with van der Waals surface area (Å²) in [6, 6.07) is 9.37. The summed E-state index contributed by atoms with van der Waals surface area (Å²) < 4.78 is 38.5. The van der Waals surface area contributed by atoms with Gasteiger partial charge in [0.2, 0.25) is 5.91 Å². The Bertz CT molecular complexity index is 925. The minimum Gasteiger partial charge on any atom is -0.346 e. The second kappa shape index (κ2) is 7.06. The van der Waals surface area contributed by atoms with Crippen LogP contribution >= 0.6 is 0 Å². The van der Waals surface area contributed by atoms with E-state index >= 15 is 0 Å². The topological polar surface area (TPSA) is 74.3 Å². The van der Waals surface area contributed by atoms with Crippen LogP contribution in [0.5, 0.6) is 0 Å². The molecule has 2 aromatic rings. The number of amides is 3. The van der Waals surface area contributed by atoms with Crippen LogP contribution in [0.2, 0.25) is 0 Å². The maximum atomic E-state index is 12.8. The molecule has 2 N–H and O–H groups in total. The summed E-state index contributed by atoms with van der Waals surface area (Å²) in [5.41, 5.74) is -0.550. The van der Waals surface area contributed by atoms with E-state index in [9.17, 15) is 22.8 Å². The van der Waals surface area contributed by atoms with E-state index in [2.05, 4.69) is 15.6 Å². The third kappa shape index (κ3) is 3.52. The number of hydrogen-bond donors (Lipinski definition) is 2. The molecule has 2 aliphatic rings. The van der Waals surface area contributed by atoms with E-state index in [4.69, 9.17) is 0 Å². The maximum Gasteiger partial charge on any atom is 0.416 e. The first-order chi connectivity index (χ1) is 13.8. The summed E-state index contributed by atoms with van der Waals surface area (Å²) >= 11 is 0. The Morgan fingerprint density at radius 3 is 2.55 bits per heavy atom. The van der Waals surface area contributed by atoms with E-state index < -0.39 is 23.2 Å². The second-order valence-corrected chi connectivity index (χ2v) is 7.31. The van der Waals surface area contributed by atoms with Crippen molar-refractivity contribution in [1.29, 1.82) is 0 Å². The van der Waals surface area contributed by atoms with Gasteiger partial charge in [0.1, 0.15) is 0 Å². The van der Waals surface area contributed by atoms with Gasteiger partial charge in [-0.15, -0.1) is 0 Å². The van der Waals surface area contributed by atoms with E-state index in [0.29, 0.717) is 25.9 Å². The van der Waals surface area contributed by atoms with E-state index in [1.54, 1.807) is 12.3 Å². The number of piperidine rings is 1. The largest absolute Gasteiger partial charge is 0.416 e. The van der Waals surface area contributed by atoms with Crippen LogP contribution in [0, 0.1) is 5.41 Å². The number of pyridine rings is 1. The van der Waals surface area contributed by atoms with Crippen molar-refractivity contribution in [2.75, 3.05) is 18.4 Å². The molecule has 3 heterocycles. The SMILES string of the molecule is O=C(Nc1cccc(C(F)(F)F)c1)N1CCC2(CC1)C(=O)NC2c1ccccn1. The zero-order chi connectivity index (χ0) is 20.6. The van der Waals surface area contributed by atoms with Crippen molar-refractivity contribution in [3.05, 3.63) is 59.9 Å². The molecule has 1 atom stereocenters. The standard InChI is InChI=1S/C20H19F3N4O2/c21-20(22,23)13-4-3-5-14(12-13)25-18(29)27-10-7-19(8-11-27)16(26-17(19)28)15-6-1-2-9-24-15/h1-6,9,12,16H,7-8,10-11H2,(H,25,29)(H,26,28). The number of halogens is 3. The number of carbonyl (C=O) groups is 2. The first-order valence-corrected chi connectivity index (χ1v) is 9.25. The highest BCUT2D eigenvalue weighted by atomic mass is 19.4. The Kier molecular flexibility index (Phi) is 4.68. The maximum absolute atomic E-state index is 12.8. The van der Waals surface area contributed by atoms with Crippen LogP contribution in [0.4, 0.5) is 23.7 Å². The van der Waals surface area contributed by atoms with Gasteiger partial charge in [0.15, 0.2) is 0 Å². The van der Waals surface area contributed by atoms with Gasteiger partial charge in [-0.2, -0.15) is 13.2 Å². The second-order valence-electron chi connectivity index (χ2n) is 7.31. The number of alkyl halides is 3. The zero-order valence-electron chi connectivity index (χ0n) is 15.4. The molecule has 1 unspecified atom stereocenters. The molecule has 6 nitrogen and oxygen atoms in total. The highest BCUT2D eigenvalue weighted by Crippen LogP contribution is 2.49. The average Bonchev–Trinajstić information content (AvgIpc) is 2.72. The molecule has 4 rings (SSSR count). The number of likely N-dealkylation sites (tertiary alicyclic amines) is 1. The van der Waals surface area contributed by atoms with Gasteiger partial charge in [-0.1, -0.05) is 12.1 Å². The molecule has 0 bridgehead atoms. The quantitative estimate of drug-likeness (QED) is 0.752. The van der Waals surface area contributed by atoms with Crippen molar-refractivity contribution >= 4 is 17.6 Å². The van der Waals surface area contributed by atoms with Crippen LogP contribution in [0.1, 0.15) is 30.1 Å². The Labute approximate surface area is 165 Å². The number of benzene rings is 1. The molecule has 152 valence electrons. The van der Waals surface area contributed by atoms with Gasteiger partial charge < -0.3 is 15.5 Å². The summed E-state index contributed by atoms with van der Waals surface area (Å²) in [5.74, 6) is -0.0499. The van der Waals surface area contributed by atoms with Crippen LogP contribution in [0.25, 0.3) is 0 Å². The third-order valence-corrected chi connectivity index (χ3v) is 5.65. The van der Waals surface area contributed by atoms with Crippen molar-refractivity contribution in [1.82, 2.24) is 15.2 Å². The first kappa shape index (κ1) is 19.2. The molecule has 9 heteroatoms. The van der Waals surface area contributed by atoms with Gasteiger partial charge in [0.05, 0.1) is 22.7 Å². The lowest BCUT2D eigenvalue weighted by Crippen LogP contribution is -2.65. The minimum atomic E-state index is -4.48. The molecule has 1 spiro atoms. The zero-order valence-corrected chi connectivity index (χ0v) is 15.4. The van der Waals surface area contributed by atoms with Crippen molar-refractivity contribution in [3.63, 3.8) is 0 Å². The number of hydrogen-bond acceptors (Lipinski definition) is 3. The Hall–Kier alpha value is -3.10. The third-order valence-electron chi connectivity index (χ3n) is 5.65. The predicted molar refractivity (Wildman–Crippen MR) is 98.8 cm³/mol. The van der Waals surface area contributed by atoms with Crippen molar-refractivity contribution in [2.24, 2.45) is 5.41 Å². The molecule has 0 radical (unpaired) electrons. The van der Waals surface area contributed by atoms with Crippen molar-refractivity contribution in [3.8, 4) is 0 Å². The lowest BCUT2D eigenvalue weighted by Gasteiger charge is -2.52. The summed E-state index contributed by atoms with van der Waals surface area (Å²) in [4.78, 5) is 30.7. The number of anilines is 1. The average molecular weight is 404 g/mol. The Morgan fingerprint density at radius 2 is 1.93 bits per heavy atom. The lowest BCUT2D eigenvalue weighted by molar-refractivity contribution is -0.151. The van der Waals surface area contributed by atoms with Gasteiger partial charge in [-0.25, -0.2) is 4.79 Å². The number of nitrogens with zero attached hydrogens (tertiary/aromatic N) is 2. The molecule has 0 aliphatic carbocycles. The number of urea groups is 1. The molecular formula is C20H19F3N4O2.